The van der Waals surface area contributed by atoms with Crippen LogP contribution in [0, 0.1) is 0 Å². The fraction of sp³-hybridized carbons (Fsp3) is 0.333. The Bertz CT molecular complexity index is 558. The lowest BCUT2D eigenvalue weighted by molar-refractivity contribution is -0.153. The smallest absolute Gasteiger partial charge is 0.253 e. The molecule has 2 unspecified atom stereocenters. The van der Waals surface area contributed by atoms with Crippen LogP contribution in [0.2, 0.25) is 0 Å². The van der Waals surface area contributed by atoms with Gasteiger partial charge in [-0.3, -0.25) is 9.59 Å². The van der Waals surface area contributed by atoms with Gasteiger partial charge < -0.3 is 10.2 Å². The van der Waals surface area contributed by atoms with Crippen LogP contribution < -0.4 is 5.32 Å². The molecule has 0 aliphatic carbocycles. The van der Waals surface area contributed by atoms with Crippen molar-refractivity contribution in [3.8, 4) is 0 Å². The first-order valence-corrected chi connectivity index (χ1v) is 6.76. The van der Waals surface area contributed by atoms with Crippen LogP contribution >= 0.6 is 11.6 Å². The summed E-state index contributed by atoms with van der Waals surface area (Å²) < 4.78 is 0. The van der Waals surface area contributed by atoms with E-state index in [1.165, 1.54) is 4.90 Å². The van der Waals surface area contributed by atoms with E-state index < -0.39 is 11.6 Å². The van der Waals surface area contributed by atoms with Gasteiger partial charge in [-0.15, -0.1) is 0 Å². The van der Waals surface area contributed by atoms with Gasteiger partial charge in [-0.25, -0.2) is 0 Å². The van der Waals surface area contributed by atoms with E-state index in [-0.39, 0.29) is 18.4 Å². The quantitative estimate of drug-likeness (QED) is 0.926. The Balaban J connectivity index is 2.42. The molecule has 1 aromatic rings. The van der Waals surface area contributed by atoms with E-state index in [4.69, 9.17) is 11.6 Å². The highest BCUT2D eigenvalue weighted by molar-refractivity contribution is 6.29. The van der Waals surface area contributed by atoms with Gasteiger partial charge in [0.2, 0.25) is 5.91 Å². The number of benzene rings is 1. The number of amides is 2. The lowest BCUT2D eigenvalue weighted by Crippen LogP contribution is -2.66. The molecule has 2 atom stereocenters. The molecule has 0 spiro atoms. The number of carbonyl (C=O) groups excluding carboxylic acids is 2. The predicted molar refractivity (Wildman–Crippen MR) is 78.1 cm³/mol. The van der Waals surface area contributed by atoms with Gasteiger partial charge in [0.25, 0.3) is 5.91 Å². The zero-order valence-electron chi connectivity index (χ0n) is 11.5. The van der Waals surface area contributed by atoms with Crippen LogP contribution in [0.15, 0.2) is 41.9 Å². The number of nitrogens with one attached hydrogen (secondary N) is 1. The van der Waals surface area contributed by atoms with Gasteiger partial charge in [0.1, 0.15) is 11.6 Å². The predicted octanol–water partition coefficient (Wildman–Crippen LogP) is 2.00. The van der Waals surface area contributed by atoms with Crippen molar-refractivity contribution in [2.24, 2.45) is 0 Å². The molecule has 0 bridgehead atoms. The number of hydrogen-bond donors (Lipinski definition) is 1. The largest absolute Gasteiger partial charge is 0.336 e. The lowest BCUT2D eigenvalue weighted by atomic mass is 9.87. The third-order valence-electron chi connectivity index (χ3n) is 3.60. The Morgan fingerprint density at radius 3 is 2.55 bits per heavy atom. The molecule has 2 rings (SSSR count). The molecule has 1 heterocycles. The molecule has 4 nitrogen and oxygen atoms in total. The summed E-state index contributed by atoms with van der Waals surface area (Å²) in [7, 11) is 0. The number of nitrogens with zero attached hydrogens (tertiary/aromatic N) is 1. The van der Waals surface area contributed by atoms with Crippen LogP contribution in [0.3, 0.4) is 0 Å². The number of hydrogen-bond acceptors (Lipinski definition) is 2. The first-order chi connectivity index (χ1) is 9.36. The van der Waals surface area contributed by atoms with Crippen molar-refractivity contribution in [2.75, 3.05) is 6.54 Å². The Morgan fingerprint density at radius 2 is 2.00 bits per heavy atom. The summed E-state index contributed by atoms with van der Waals surface area (Å²) in [6, 6.07) is 8.62. The normalized spacial score (nSPS) is 26.4. The summed E-state index contributed by atoms with van der Waals surface area (Å²) in [6.07, 6.45) is 0. The van der Waals surface area contributed by atoms with Crippen LogP contribution in [-0.2, 0) is 15.1 Å². The maximum atomic E-state index is 12.8. The minimum Gasteiger partial charge on any atom is -0.336 e. The van der Waals surface area contributed by atoms with Crippen molar-refractivity contribution in [3.05, 3.63) is 47.5 Å². The Kier molecular flexibility index (Phi) is 3.86. The minimum absolute atomic E-state index is 0.164. The molecule has 1 saturated heterocycles. The van der Waals surface area contributed by atoms with Crippen molar-refractivity contribution in [2.45, 2.75) is 25.4 Å². The summed E-state index contributed by atoms with van der Waals surface area (Å²) in [4.78, 5) is 26.4. The molecular formula is C15H17ClN2O2. The van der Waals surface area contributed by atoms with Crippen LogP contribution in [-0.4, -0.2) is 29.3 Å². The van der Waals surface area contributed by atoms with Gasteiger partial charge >= 0.3 is 0 Å². The lowest BCUT2D eigenvalue weighted by Gasteiger charge is -2.43. The molecule has 1 aliphatic heterocycles. The van der Waals surface area contributed by atoms with Crippen molar-refractivity contribution >= 4 is 23.4 Å². The summed E-state index contributed by atoms with van der Waals surface area (Å²) in [6.45, 7) is 7.15. The van der Waals surface area contributed by atoms with Crippen molar-refractivity contribution in [1.29, 1.82) is 0 Å². The second-order valence-electron chi connectivity index (χ2n) is 5.11. The molecule has 1 aromatic carbocycles. The summed E-state index contributed by atoms with van der Waals surface area (Å²) in [5.74, 6) is -0.383. The average Bonchev–Trinajstić information content (AvgIpc) is 2.42. The molecule has 1 N–H and O–H groups in total. The second-order valence-corrected chi connectivity index (χ2v) is 5.64. The highest BCUT2D eigenvalue weighted by Gasteiger charge is 2.47. The molecule has 0 saturated carbocycles. The van der Waals surface area contributed by atoms with E-state index in [9.17, 15) is 9.59 Å². The van der Waals surface area contributed by atoms with Crippen molar-refractivity contribution < 1.29 is 9.59 Å². The number of halogens is 1. The molecule has 0 aromatic heterocycles. The van der Waals surface area contributed by atoms with Crippen LogP contribution in [0.4, 0.5) is 0 Å². The maximum absolute atomic E-state index is 12.8. The molecule has 5 heteroatoms. The van der Waals surface area contributed by atoms with E-state index >= 15 is 0 Å². The molecule has 1 fully saturated rings. The molecule has 0 radical (unpaired) electrons. The SMILES string of the molecule is C=C(Cl)CN1C(=O)C(C)(c2ccccc2)NC(=O)C1C. The average molecular weight is 293 g/mol. The van der Waals surface area contributed by atoms with Crippen LogP contribution in [0.1, 0.15) is 19.4 Å². The minimum atomic E-state index is -1.07. The molecule has 106 valence electrons. The summed E-state index contributed by atoms with van der Waals surface area (Å²) in [5, 5.41) is 3.14. The highest BCUT2D eigenvalue weighted by Crippen LogP contribution is 2.28. The first kappa shape index (κ1) is 14.6. The van der Waals surface area contributed by atoms with Crippen LogP contribution in [0.5, 0.6) is 0 Å². The van der Waals surface area contributed by atoms with E-state index in [1.807, 2.05) is 30.3 Å². The van der Waals surface area contributed by atoms with Gasteiger partial charge in [0.15, 0.2) is 0 Å². The zero-order chi connectivity index (χ0) is 14.9. The molecular weight excluding hydrogens is 276 g/mol. The van der Waals surface area contributed by atoms with Crippen LogP contribution in [0.25, 0.3) is 0 Å². The standard InChI is InChI=1S/C15H17ClN2O2/c1-10(16)9-18-11(2)13(19)17-15(3,14(18)20)12-7-5-4-6-8-12/h4-8,11H,1,9H2,2-3H3,(H,17,19). The summed E-state index contributed by atoms with van der Waals surface area (Å²) in [5.41, 5.74) is -0.326. The van der Waals surface area contributed by atoms with E-state index in [0.29, 0.717) is 5.03 Å². The van der Waals surface area contributed by atoms with Crippen molar-refractivity contribution in [1.82, 2.24) is 10.2 Å². The fourth-order valence-corrected chi connectivity index (χ4v) is 2.50. The van der Waals surface area contributed by atoms with Gasteiger partial charge in [-0.1, -0.05) is 48.5 Å². The number of piperazine rings is 1. The van der Waals surface area contributed by atoms with Crippen molar-refractivity contribution in [3.63, 3.8) is 0 Å². The van der Waals surface area contributed by atoms with E-state index in [2.05, 4.69) is 11.9 Å². The third-order valence-corrected chi connectivity index (χ3v) is 3.72. The molecule has 2 amide bonds. The monoisotopic (exact) mass is 292 g/mol. The van der Waals surface area contributed by atoms with Gasteiger partial charge in [0.05, 0.1) is 6.54 Å². The topological polar surface area (TPSA) is 49.4 Å². The third kappa shape index (κ3) is 2.43. The van der Waals surface area contributed by atoms with Gasteiger partial charge in [-0.2, -0.15) is 0 Å². The second kappa shape index (κ2) is 5.29. The molecule has 20 heavy (non-hydrogen) atoms. The Morgan fingerprint density at radius 1 is 1.40 bits per heavy atom. The zero-order valence-corrected chi connectivity index (χ0v) is 12.3. The Labute approximate surface area is 123 Å². The number of rotatable bonds is 3. The molecule has 1 aliphatic rings. The van der Waals surface area contributed by atoms with Gasteiger partial charge in [0, 0.05) is 5.03 Å². The van der Waals surface area contributed by atoms with E-state index in [1.54, 1.807) is 13.8 Å². The first-order valence-electron chi connectivity index (χ1n) is 6.38. The highest BCUT2D eigenvalue weighted by atomic mass is 35.5. The fourth-order valence-electron chi connectivity index (χ4n) is 2.37. The van der Waals surface area contributed by atoms with Gasteiger partial charge in [-0.05, 0) is 19.4 Å². The van der Waals surface area contributed by atoms with E-state index in [0.717, 1.165) is 5.56 Å². The maximum Gasteiger partial charge on any atom is 0.253 e. The Hall–Kier alpha value is -1.81. The summed E-state index contributed by atoms with van der Waals surface area (Å²) >= 11 is 5.81. The number of carbonyl (C=O) groups is 2.